The highest BCUT2D eigenvalue weighted by atomic mass is 35.5. The van der Waals surface area contributed by atoms with Crippen molar-refractivity contribution >= 4 is 29.6 Å². The van der Waals surface area contributed by atoms with Gasteiger partial charge in [0.05, 0.1) is 10.6 Å². The molecular weight excluding hydrogens is 347 g/mol. The molecule has 128 valence electrons. The Kier molecular flexibility index (Phi) is 4.50. The number of benzene rings is 1. The van der Waals surface area contributed by atoms with Gasteiger partial charge < -0.3 is 4.52 Å². The zero-order valence-corrected chi connectivity index (χ0v) is 14.5. The van der Waals surface area contributed by atoms with Crippen molar-refractivity contribution in [2.75, 3.05) is 4.90 Å². The number of amides is 1. The van der Waals surface area contributed by atoms with Crippen molar-refractivity contribution in [3.63, 3.8) is 0 Å². The maximum Gasteiger partial charge on any atom is 0.237 e. The van der Waals surface area contributed by atoms with E-state index in [1.54, 1.807) is 26.8 Å². The summed E-state index contributed by atoms with van der Waals surface area (Å²) in [6, 6.07) is 6.06. The lowest BCUT2D eigenvalue weighted by atomic mass is 10.1. The third-order valence-corrected chi connectivity index (χ3v) is 3.88. The minimum absolute atomic E-state index is 0.0484. The molecule has 0 bridgehead atoms. The Balaban J connectivity index is 2.23. The number of aryl methyl sites for hydroxylation is 3. The number of carbonyl (C=O) groups excluding carboxylic acids is 1. The molecule has 1 aromatic carbocycles. The Labute approximate surface area is 148 Å². The van der Waals surface area contributed by atoms with Gasteiger partial charge in [-0.15, -0.1) is 0 Å². The van der Waals surface area contributed by atoms with Gasteiger partial charge in [0.15, 0.2) is 5.76 Å². The van der Waals surface area contributed by atoms with Gasteiger partial charge in [0.25, 0.3) is 0 Å². The fourth-order valence-electron chi connectivity index (χ4n) is 2.55. The molecule has 3 rings (SSSR count). The highest BCUT2D eigenvalue weighted by Crippen LogP contribution is 2.39. The number of rotatable bonds is 4. The summed E-state index contributed by atoms with van der Waals surface area (Å²) in [5, 5.41) is 4.05. The first kappa shape index (κ1) is 17.0. The van der Waals surface area contributed by atoms with Crippen LogP contribution in [-0.4, -0.2) is 21.5 Å². The summed E-state index contributed by atoms with van der Waals surface area (Å²) in [7, 11) is 0. The monoisotopic (exact) mass is 360 g/mol. The summed E-state index contributed by atoms with van der Waals surface area (Å²) >= 11 is 6.13. The Morgan fingerprint density at radius 3 is 2.48 bits per heavy atom. The normalized spacial score (nSPS) is 10.8. The lowest BCUT2D eigenvalue weighted by Gasteiger charge is -2.16. The van der Waals surface area contributed by atoms with E-state index < -0.39 is 5.82 Å². The SMILES string of the molecule is Cc1cc(C)nc(N(C=O)c2c(-c3c(F)cccc3Cl)noc2C)n1. The first-order valence-electron chi connectivity index (χ1n) is 7.40. The van der Waals surface area contributed by atoms with Crippen molar-refractivity contribution in [2.24, 2.45) is 0 Å². The third kappa shape index (κ3) is 3.10. The van der Waals surface area contributed by atoms with E-state index in [2.05, 4.69) is 15.1 Å². The molecule has 0 aliphatic rings. The maximum atomic E-state index is 14.3. The zero-order valence-electron chi connectivity index (χ0n) is 13.7. The predicted molar refractivity (Wildman–Crippen MR) is 91.4 cm³/mol. The highest BCUT2D eigenvalue weighted by Gasteiger charge is 2.27. The lowest BCUT2D eigenvalue weighted by molar-refractivity contribution is -0.106. The van der Waals surface area contributed by atoms with Crippen LogP contribution in [0.3, 0.4) is 0 Å². The highest BCUT2D eigenvalue weighted by molar-refractivity contribution is 6.33. The van der Waals surface area contributed by atoms with Crippen LogP contribution in [0.2, 0.25) is 5.02 Å². The van der Waals surface area contributed by atoms with E-state index >= 15 is 0 Å². The van der Waals surface area contributed by atoms with Gasteiger partial charge in [-0.05, 0) is 39.0 Å². The molecule has 0 saturated carbocycles. The van der Waals surface area contributed by atoms with E-state index in [-0.39, 0.29) is 27.9 Å². The van der Waals surface area contributed by atoms with E-state index in [1.807, 2.05) is 0 Å². The van der Waals surface area contributed by atoms with Crippen LogP contribution in [0.15, 0.2) is 28.8 Å². The first-order valence-corrected chi connectivity index (χ1v) is 7.77. The molecule has 2 aromatic heterocycles. The first-order chi connectivity index (χ1) is 11.9. The summed E-state index contributed by atoms with van der Waals surface area (Å²) < 4.78 is 19.5. The molecule has 0 aliphatic carbocycles. The molecule has 6 nitrogen and oxygen atoms in total. The van der Waals surface area contributed by atoms with Gasteiger partial charge in [-0.1, -0.05) is 22.8 Å². The Bertz CT molecular complexity index is 917. The summed E-state index contributed by atoms with van der Waals surface area (Å²) in [6.45, 7) is 5.19. The molecule has 1 amide bonds. The number of anilines is 2. The number of carbonyl (C=O) groups is 1. The zero-order chi connectivity index (χ0) is 18.1. The van der Waals surface area contributed by atoms with Gasteiger partial charge >= 0.3 is 0 Å². The second-order valence-electron chi connectivity index (χ2n) is 5.46. The van der Waals surface area contributed by atoms with E-state index in [4.69, 9.17) is 16.1 Å². The van der Waals surface area contributed by atoms with Crippen LogP contribution in [0, 0.1) is 26.6 Å². The van der Waals surface area contributed by atoms with E-state index in [0.717, 1.165) is 0 Å². The fraction of sp³-hybridized carbons (Fsp3) is 0.176. The molecule has 0 N–H and O–H groups in total. The van der Waals surface area contributed by atoms with Crippen molar-refractivity contribution in [3.8, 4) is 11.3 Å². The van der Waals surface area contributed by atoms with Crippen LogP contribution < -0.4 is 4.90 Å². The predicted octanol–water partition coefficient (Wildman–Crippen LogP) is 4.14. The van der Waals surface area contributed by atoms with Crippen LogP contribution >= 0.6 is 11.6 Å². The molecule has 0 saturated heterocycles. The number of halogens is 2. The van der Waals surface area contributed by atoms with E-state index in [9.17, 15) is 9.18 Å². The van der Waals surface area contributed by atoms with Crippen LogP contribution in [0.1, 0.15) is 17.1 Å². The molecule has 0 radical (unpaired) electrons. The van der Waals surface area contributed by atoms with E-state index in [1.165, 1.54) is 23.1 Å². The smallest absolute Gasteiger partial charge is 0.237 e. The minimum Gasteiger partial charge on any atom is -0.359 e. The van der Waals surface area contributed by atoms with Gasteiger partial charge in [0.1, 0.15) is 17.2 Å². The van der Waals surface area contributed by atoms with Crippen molar-refractivity contribution < 1.29 is 13.7 Å². The maximum absolute atomic E-state index is 14.3. The van der Waals surface area contributed by atoms with Crippen molar-refractivity contribution in [1.82, 2.24) is 15.1 Å². The number of aromatic nitrogens is 3. The molecule has 0 spiro atoms. The summed E-state index contributed by atoms with van der Waals surface area (Å²) in [5.74, 6) is -0.120. The molecule has 0 unspecified atom stereocenters. The second kappa shape index (κ2) is 6.60. The Morgan fingerprint density at radius 1 is 1.20 bits per heavy atom. The average Bonchev–Trinajstić information content (AvgIpc) is 2.89. The van der Waals surface area contributed by atoms with E-state index in [0.29, 0.717) is 23.6 Å². The summed E-state index contributed by atoms with van der Waals surface area (Å²) in [5.41, 5.74) is 1.78. The molecule has 25 heavy (non-hydrogen) atoms. The topological polar surface area (TPSA) is 72.1 Å². The average molecular weight is 361 g/mol. The standard InChI is InChI=1S/C17H14ClFN4O2/c1-9-7-10(2)21-17(20-9)23(8-24)16-11(3)25-22-15(16)14-12(18)5-4-6-13(14)19/h4-8H,1-3H3. The number of hydrogen-bond acceptors (Lipinski definition) is 5. The molecule has 3 aromatic rings. The minimum atomic E-state index is -0.575. The Hall–Kier alpha value is -2.80. The third-order valence-electron chi connectivity index (χ3n) is 3.56. The largest absolute Gasteiger partial charge is 0.359 e. The van der Waals surface area contributed by atoms with Gasteiger partial charge in [-0.2, -0.15) is 0 Å². The molecule has 0 fully saturated rings. The van der Waals surface area contributed by atoms with Crippen LogP contribution in [0.25, 0.3) is 11.3 Å². The molecule has 8 heteroatoms. The summed E-state index contributed by atoms with van der Waals surface area (Å²) in [4.78, 5) is 21.5. The van der Waals surface area contributed by atoms with Crippen LogP contribution in [0.5, 0.6) is 0 Å². The van der Waals surface area contributed by atoms with Gasteiger partial charge in [0.2, 0.25) is 12.4 Å². The van der Waals surface area contributed by atoms with Crippen molar-refractivity contribution in [1.29, 1.82) is 0 Å². The lowest BCUT2D eigenvalue weighted by Crippen LogP contribution is -2.19. The van der Waals surface area contributed by atoms with Crippen LogP contribution in [-0.2, 0) is 4.79 Å². The summed E-state index contributed by atoms with van der Waals surface area (Å²) in [6.07, 6.45) is 0.534. The Morgan fingerprint density at radius 2 is 1.88 bits per heavy atom. The molecule has 0 atom stereocenters. The molecule has 0 aliphatic heterocycles. The molecule has 2 heterocycles. The quantitative estimate of drug-likeness (QED) is 0.654. The van der Waals surface area contributed by atoms with Gasteiger partial charge in [-0.25, -0.2) is 19.3 Å². The van der Waals surface area contributed by atoms with Crippen molar-refractivity contribution in [3.05, 3.63) is 52.3 Å². The van der Waals surface area contributed by atoms with Gasteiger partial charge in [0, 0.05) is 11.4 Å². The second-order valence-corrected chi connectivity index (χ2v) is 5.87. The van der Waals surface area contributed by atoms with Crippen molar-refractivity contribution in [2.45, 2.75) is 20.8 Å². The molecular formula is C17H14ClFN4O2. The van der Waals surface area contributed by atoms with Crippen LogP contribution in [0.4, 0.5) is 16.0 Å². The fourth-order valence-corrected chi connectivity index (χ4v) is 2.81. The number of nitrogens with zero attached hydrogens (tertiary/aromatic N) is 4. The number of hydrogen-bond donors (Lipinski definition) is 0. The van der Waals surface area contributed by atoms with Gasteiger partial charge in [-0.3, -0.25) is 4.79 Å².